The molecule has 0 spiro atoms. The largest absolute Gasteiger partial charge is 0.496 e. The number of pyridine rings is 1. The van der Waals surface area contributed by atoms with Crippen LogP contribution in [0.4, 0.5) is 5.82 Å². The highest BCUT2D eigenvalue weighted by molar-refractivity contribution is 8.01. The molecule has 0 unspecified atom stereocenters. The number of nitrogens with zero attached hydrogens (tertiary/aromatic N) is 2. The second-order valence-corrected chi connectivity index (χ2v) is 6.04. The fraction of sp³-hybridized carbons (Fsp3) is 0.278. The number of benzene rings is 1. The first kappa shape index (κ1) is 20.4. The van der Waals surface area contributed by atoms with Crippen molar-refractivity contribution in [3.05, 3.63) is 51.0 Å². The summed E-state index contributed by atoms with van der Waals surface area (Å²) in [7, 11) is 6.08. The van der Waals surface area contributed by atoms with Crippen LogP contribution in [0.15, 0.2) is 29.7 Å². The maximum Gasteiger partial charge on any atom is 0.406 e. The molecule has 2 rings (SSSR count). The summed E-state index contributed by atoms with van der Waals surface area (Å²) in [6.07, 6.45) is 1.85. The van der Waals surface area contributed by atoms with Crippen LogP contribution in [0.25, 0.3) is 6.08 Å². The van der Waals surface area contributed by atoms with Crippen LogP contribution in [0.2, 0.25) is 0 Å². The lowest BCUT2D eigenvalue weighted by Gasteiger charge is -2.12. The van der Waals surface area contributed by atoms with Crippen LogP contribution in [0, 0.1) is 10.1 Å². The molecule has 0 aliphatic heterocycles. The molecule has 0 aliphatic rings. The summed E-state index contributed by atoms with van der Waals surface area (Å²) in [5.41, 5.74) is 1.34. The Morgan fingerprint density at radius 1 is 1.04 bits per heavy atom. The van der Waals surface area contributed by atoms with Crippen molar-refractivity contribution >= 4 is 23.7 Å². The number of hydrogen-bond donors (Lipinski definition) is 0. The molecule has 0 atom stereocenters. The van der Waals surface area contributed by atoms with Gasteiger partial charge in [0, 0.05) is 12.1 Å². The van der Waals surface area contributed by atoms with E-state index in [0.717, 1.165) is 5.56 Å². The molecule has 0 amide bonds. The number of aromatic nitrogens is 1. The van der Waals surface area contributed by atoms with Crippen LogP contribution in [-0.2, 0) is 5.75 Å². The zero-order valence-electron chi connectivity index (χ0n) is 15.4. The van der Waals surface area contributed by atoms with Crippen LogP contribution < -0.4 is 18.9 Å². The van der Waals surface area contributed by atoms with Gasteiger partial charge in [0.1, 0.15) is 17.2 Å². The van der Waals surface area contributed by atoms with Crippen molar-refractivity contribution in [2.24, 2.45) is 0 Å². The number of nitro groups is 1. The second kappa shape index (κ2) is 9.67. The third-order valence-corrected chi connectivity index (χ3v) is 4.40. The van der Waals surface area contributed by atoms with Gasteiger partial charge in [-0.15, -0.1) is 11.8 Å². The van der Waals surface area contributed by atoms with Crippen molar-refractivity contribution in [2.45, 2.75) is 5.75 Å². The maximum absolute atomic E-state index is 11.0. The summed E-state index contributed by atoms with van der Waals surface area (Å²) in [5, 5.41) is 12.9. The minimum atomic E-state index is -0.560. The van der Waals surface area contributed by atoms with Crippen LogP contribution in [-0.4, -0.2) is 38.3 Å². The molecule has 2 aromatic rings. The lowest BCUT2D eigenvalue weighted by atomic mass is 10.1. The van der Waals surface area contributed by atoms with E-state index in [4.69, 9.17) is 18.9 Å². The van der Waals surface area contributed by atoms with E-state index in [2.05, 4.69) is 4.98 Å². The predicted octanol–water partition coefficient (Wildman–Crippen LogP) is 3.93. The Morgan fingerprint density at radius 2 is 1.67 bits per heavy atom. The SMILES string of the molecule is COc1cc(OC)c(/C=C/SCc2ccc(OC)c([N+](=O)[O-])n2)c(OC)c1. The van der Waals surface area contributed by atoms with Gasteiger partial charge in [-0.3, -0.25) is 0 Å². The van der Waals surface area contributed by atoms with Crippen LogP contribution in [0.3, 0.4) is 0 Å². The van der Waals surface area contributed by atoms with Gasteiger partial charge < -0.3 is 29.1 Å². The molecule has 0 N–H and O–H groups in total. The lowest BCUT2D eigenvalue weighted by molar-refractivity contribution is -0.390. The van der Waals surface area contributed by atoms with E-state index in [0.29, 0.717) is 28.7 Å². The smallest absolute Gasteiger partial charge is 0.406 e. The molecule has 1 aromatic carbocycles. The fourth-order valence-corrected chi connectivity index (χ4v) is 2.95. The third kappa shape index (κ3) is 5.04. The van der Waals surface area contributed by atoms with E-state index in [1.807, 2.05) is 11.5 Å². The van der Waals surface area contributed by atoms with Crippen molar-refractivity contribution < 1.29 is 23.9 Å². The average molecular weight is 392 g/mol. The lowest BCUT2D eigenvalue weighted by Crippen LogP contribution is -1.99. The molecule has 8 nitrogen and oxygen atoms in total. The zero-order chi connectivity index (χ0) is 19.8. The molecule has 27 heavy (non-hydrogen) atoms. The molecule has 0 fully saturated rings. The molecule has 1 aromatic heterocycles. The van der Waals surface area contributed by atoms with Gasteiger partial charge in [-0.1, -0.05) is 0 Å². The summed E-state index contributed by atoms with van der Waals surface area (Å²) < 4.78 is 21.0. The van der Waals surface area contributed by atoms with Crippen LogP contribution in [0.1, 0.15) is 11.3 Å². The summed E-state index contributed by atoms with van der Waals surface area (Å²) in [6, 6.07) is 6.77. The van der Waals surface area contributed by atoms with Crippen molar-refractivity contribution in [1.29, 1.82) is 0 Å². The Bertz CT molecular complexity index is 816. The first-order valence-electron chi connectivity index (χ1n) is 7.80. The molecule has 0 saturated carbocycles. The van der Waals surface area contributed by atoms with Gasteiger partial charge in [0.15, 0.2) is 5.69 Å². The van der Waals surface area contributed by atoms with E-state index < -0.39 is 4.92 Å². The van der Waals surface area contributed by atoms with Crippen molar-refractivity contribution in [3.63, 3.8) is 0 Å². The van der Waals surface area contributed by atoms with E-state index in [1.54, 1.807) is 45.6 Å². The molecular formula is C18H20N2O6S. The summed E-state index contributed by atoms with van der Waals surface area (Å²) in [6.45, 7) is 0. The number of hydrogen-bond acceptors (Lipinski definition) is 8. The minimum Gasteiger partial charge on any atom is -0.496 e. The second-order valence-electron chi connectivity index (χ2n) is 5.14. The number of methoxy groups -OCH3 is 4. The van der Waals surface area contributed by atoms with Crippen molar-refractivity contribution in [1.82, 2.24) is 4.98 Å². The number of rotatable bonds is 9. The highest BCUT2D eigenvalue weighted by Gasteiger charge is 2.18. The average Bonchev–Trinajstić information content (AvgIpc) is 2.70. The first-order valence-corrected chi connectivity index (χ1v) is 8.85. The van der Waals surface area contributed by atoms with E-state index in [9.17, 15) is 10.1 Å². The standard InChI is InChI=1S/C18H20N2O6S/c1-23-13-9-16(25-3)14(17(10-13)26-4)7-8-27-11-12-5-6-15(24-2)18(19-12)20(21)22/h5-10H,11H2,1-4H3/b8-7+. The Balaban J connectivity index is 2.15. The van der Waals surface area contributed by atoms with Crippen LogP contribution >= 0.6 is 11.8 Å². The molecule has 1 heterocycles. The maximum atomic E-state index is 11.0. The zero-order valence-corrected chi connectivity index (χ0v) is 16.2. The van der Waals surface area contributed by atoms with E-state index in [-0.39, 0.29) is 11.6 Å². The Morgan fingerprint density at radius 3 is 2.19 bits per heavy atom. The van der Waals surface area contributed by atoms with Crippen molar-refractivity contribution in [2.75, 3.05) is 28.4 Å². The van der Waals surface area contributed by atoms with Gasteiger partial charge in [0.05, 0.1) is 39.8 Å². The molecule has 0 bridgehead atoms. The van der Waals surface area contributed by atoms with Crippen LogP contribution in [0.5, 0.6) is 23.0 Å². The van der Waals surface area contributed by atoms with Crippen molar-refractivity contribution in [3.8, 4) is 23.0 Å². The highest BCUT2D eigenvalue weighted by Crippen LogP contribution is 2.35. The number of ether oxygens (including phenoxy) is 4. The molecule has 0 radical (unpaired) electrons. The number of thioether (sulfide) groups is 1. The predicted molar refractivity (Wildman–Crippen MR) is 104 cm³/mol. The minimum absolute atomic E-state index is 0.136. The molecular weight excluding hydrogens is 372 g/mol. The van der Waals surface area contributed by atoms with Gasteiger partial charge in [-0.25, -0.2) is 0 Å². The summed E-state index contributed by atoms with van der Waals surface area (Å²) in [5.74, 6) is 2.16. The summed E-state index contributed by atoms with van der Waals surface area (Å²) in [4.78, 5) is 14.5. The van der Waals surface area contributed by atoms with Gasteiger partial charge in [0.25, 0.3) is 0 Å². The van der Waals surface area contributed by atoms with E-state index in [1.165, 1.54) is 18.9 Å². The Kier molecular flexibility index (Phi) is 7.30. The Labute approximate surface area is 161 Å². The first-order chi connectivity index (χ1) is 13.0. The van der Waals surface area contributed by atoms with Gasteiger partial charge >= 0.3 is 5.82 Å². The normalized spacial score (nSPS) is 10.7. The quantitative estimate of drug-likeness (QED) is 0.468. The molecule has 144 valence electrons. The Hall–Kier alpha value is -2.94. The molecule has 0 aliphatic carbocycles. The van der Waals surface area contributed by atoms with Gasteiger partial charge in [-0.05, 0) is 33.5 Å². The summed E-state index contributed by atoms with van der Waals surface area (Å²) >= 11 is 1.43. The highest BCUT2D eigenvalue weighted by atomic mass is 32.2. The topological polar surface area (TPSA) is 93.0 Å². The van der Waals surface area contributed by atoms with E-state index >= 15 is 0 Å². The monoisotopic (exact) mass is 392 g/mol. The molecule has 9 heteroatoms. The molecule has 0 saturated heterocycles. The van der Waals surface area contributed by atoms with Gasteiger partial charge in [0.2, 0.25) is 5.75 Å². The van der Waals surface area contributed by atoms with Gasteiger partial charge in [-0.2, -0.15) is 0 Å². The third-order valence-electron chi connectivity index (χ3n) is 3.61. The fourth-order valence-electron chi connectivity index (χ4n) is 2.29.